The van der Waals surface area contributed by atoms with Crippen LogP contribution in [0.4, 0.5) is 10.1 Å². The van der Waals surface area contributed by atoms with Gasteiger partial charge in [-0.05, 0) is 29.8 Å². The molecule has 1 aliphatic rings. The second-order valence-electron chi connectivity index (χ2n) is 5.37. The van der Waals surface area contributed by atoms with Gasteiger partial charge in [0, 0.05) is 18.8 Å². The van der Waals surface area contributed by atoms with E-state index < -0.39 is 11.7 Å². The van der Waals surface area contributed by atoms with Gasteiger partial charge in [0.05, 0.1) is 25.0 Å². The molecule has 2 aromatic carbocycles. The zero-order chi connectivity index (χ0) is 16.8. The summed E-state index contributed by atoms with van der Waals surface area (Å²) in [6.45, 7) is 3.24. The molecule has 0 aromatic heterocycles. The summed E-state index contributed by atoms with van der Waals surface area (Å²) in [7, 11) is 0. The molecule has 1 N–H and O–H groups in total. The fourth-order valence-electron chi connectivity index (χ4n) is 2.46. The van der Waals surface area contributed by atoms with E-state index in [-0.39, 0.29) is 5.56 Å². The van der Waals surface area contributed by atoms with E-state index in [0.29, 0.717) is 0 Å². The largest absolute Gasteiger partial charge is 0.378 e. The van der Waals surface area contributed by atoms with Crippen molar-refractivity contribution >= 4 is 17.8 Å². The van der Waals surface area contributed by atoms with Gasteiger partial charge in [-0.3, -0.25) is 4.79 Å². The Kier molecular flexibility index (Phi) is 5.18. The van der Waals surface area contributed by atoms with Crippen LogP contribution in [0.3, 0.4) is 0 Å². The molecule has 1 saturated heterocycles. The highest BCUT2D eigenvalue weighted by Gasteiger charge is 2.11. The minimum absolute atomic E-state index is 0.0303. The average molecular weight is 327 g/mol. The SMILES string of the molecule is O=C(N/N=C/c1ccc(N2CCOCC2)cc1)c1ccccc1F. The number of rotatable bonds is 4. The Balaban J connectivity index is 1.58. The monoisotopic (exact) mass is 327 g/mol. The predicted octanol–water partition coefficient (Wildman–Crippen LogP) is 2.43. The van der Waals surface area contributed by atoms with E-state index in [1.165, 1.54) is 24.4 Å². The minimum atomic E-state index is -0.575. The molecule has 0 aliphatic carbocycles. The number of carbonyl (C=O) groups is 1. The van der Waals surface area contributed by atoms with Crippen LogP contribution in [0.2, 0.25) is 0 Å². The van der Waals surface area contributed by atoms with Crippen LogP contribution in [-0.2, 0) is 4.74 Å². The third-order valence-corrected chi connectivity index (χ3v) is 3.77. The molecule has 1 aliphatic heterocycles. The molecule has 124 valence electrons. The standard InChI is InChI=1S/C18H18FN3O2/c19-17-4-2-1-3-16(17)18(23)21-20-13-14-5-7-15(8-6-14)22-9-11-24-12-10-22/h1-8,13H,9-12H2,(H,21,23)/b20-13+. The van der Waals surface area contributed by atoms with Crippen LogP contribution in [0.25, 0.3) is 0 Å². The second-order valence-corrected chi connectivity index (χ2v) is 5.37. The third kappa shape index (κ3) is 3.97. The van der Waals surface area contributed by atoms with Crippen molar-refractivity contribution in [1.82, 2.24) is 5.43 Å². The third-order valence-electron chi connectivity index (χ3n) is 3.77. The summed E-state index contributed by atoms with van der Waals surface area (Å²) >= 11 is 0. The number of hydrogen-bond donors (Lipinski definition) is 1. The lowest BCUT2D eigenvalue weighted by atomic mass is 10.2. The van der Waals surface area contributed by atoms with E-state index in [1.54, 1.807) is 6.07 Å². The highest BCUT2D eigenvalue weighted by molar-refractivity contribution is 5.95. The first-order chi connectivity index (χ1) is 11.7. The Hall–Kier alpha value is -2.73. The van der Waals surface area contributed by atoms with Gasteiger partial charge in [0.2, 0.25) is 0 Å². The summed E-state index contributed by atoms with van der Waals surface area (Å²) < 4.78 is 18.8. The second kappa shape index (κ2) is 7.70. The minimum Gasteiger partial charge on any atom is -0.378 e. The van der Waals surface area contributed by atoms with Crippen molar-refractivity contribution in [3.05, 3.63) is 65.5 Å². The molecule has 0 bridgehead atoms. The van der Waals surface area contributed by atoms with Crippen molar-refractivity contribution in [3.8, 4) is 0 Å². The summed E-state index contributed by atoms with van der Waals surface area (Å²) in [4.78, 5) is 14.1. The molecule has 0 atom stereocenters. The molecule has 1 amide bonds. The van der Waals surface area contributed by atoms with Crippen molar-refractivity contribution in [2.75, 3.05) is 31.2 Å². The zero-order valence-corrected chi connectivity index (χ0v) is 13.1. The number of morpholine rings is 1. The number of nitrogens with zero attached hydrogens (tertiary/aromatic N) is 2. The van der Waals surface area contributed by atoms with Crippen molar-refractivity contribution in [2.24, 2.45) is 5.10 Å². The Labute approximate surface area is 139 Å². The van der Waals surface area contributed by atoms with Crippen molar-refractivity contribution in [1.29, 1.82) is 0 Å². The Bertz CT molecular complexity index is 725. The first kappa shape index (κ1) is 16.1. The van der Waals surface area contributed by atoms with Crippen molar-refractivity contribution < 1.29 is 13.9 Å². The van der Waals surface area contributed by atoms with E-state index >= 15 is 0 Å². The van der Waals surface area contributed by atoms with E-state index in [4.69, 9.17) is 4.74 Å². The molecule has 5 nitrogen and oxygen atoms in total. The number of benzene rings is 2. The maximum absolute atomic E-state index is 13.5. The average Bonchev–Trinajstić information content (AvgIpc) is 2.63. The number of anilines is 1. The summed E-state index contributed by atoms with van der Waals surface area (Å²) in [5.41, 5.74) is 4.28. The van der Waals surface area contributed by atoms with Crippen LogP contribution in [0.15, 0.2) is 53.6 Å². The molecular weight excluding hydrogens is 309 g/mol. The predicted molar refractivity (Wildman–Crippen MR) is 90.9 cm³/mol. The number of carbonyl (C=O) groups excluding carboxylic acids is 1. The summed E-state index contributed by atoms with van der Waals surface area (Å²) in [6, 6.07) is 13.6. The summed E-state index contributed by atoms with van der Waals surface area (Å²) in [5, 5.41) is 3.88. The molecule has 6 heteroatoms. The van der Waals surface area contributed by atoms with Crippen LogP contribution in [-0.4, -0.2) is 38.4 Å². The number of hydrazone groups is 1. The molecular formula is C18H18FN3O2. The highest BCUT2D eigenvalue weighted by atomic mass is 19.1. The highest BCUT2D eigenvalue weighted by Crippen LogP contribution is 2.16. The number of halogens is 1. The maximum atomic E-state index is 13.5. The van der Waals surface area contributed by atoms with E-state index in [9.17, 15) is 9.18 Å². The molecule has 24 heavy (non-hydrogen) atoms. The van der Waals surface area contributed by atoms with Gasteiger partial charge in [-0.25, -0.2) is 9.82 Å². The van der Waals surface area contributed by atoms with E-state index in [1.807, 2.05) is 24.3 Å². The first-order valence-electron chi connectivity index (χ1n) is 7.75. The van der Waals surface area contributed by atoms with E-state index in [2.05, 4.69) is 15.4 Å². The first-order valence-corrected chi connectivity index (χ1v) is 7.75. The van der Waals surface area contributed by atoms with Gasteiger partial charge < -0.3 is 9.64 Å². The molecule has 0 saturated carbocycles. The maximum Gasteiger partial charge on any atom is 0.274 e. The lowest BCUT2D eigenvalue weighted by Gasteiger charge is -2.28. The molecule has 0 spiro atoms. The van der Waals surface area contributed by atoms with Crippen LogP contribution in [0.5, 0.6) is 0 Å². The van der Waals surface area contributed by atoms with Crippen LogP contribution < -0.4 is 10.3 Å². The lowest BCUT2D eigenvalue weighted by Crippen LogP contribution is -2.36. The van der Waals surface area contributed by atoms with Crippen molar-refractivity contribution in [3.63, 3.8) is 0 Å². The van der Waals surface area contributed by atoms with Gasteiger partial charge in [-0.2, -0.15) is 5.10 Å². The lowest BCUT2D eigenvalue weighted by molar-refractivity contribution is 0.0951. The fourth-order valence-corrected chi connectivity index (χ4v) is 2.46. The Morgan fingerprint density at radius 3 is 2.54 bits per heavy atom. The summed E-state index contributed by atoms with van der Waals surface area (Å²) in [5.74, 6) is -1.14. The Morgan fingerprint density at radius 1 is 1.12 bits per heavy atom. The van der Waals surface area contributed by atoms with Crippen LogP contribution >= 0.6 is 0 Å². The zero-order valence-electron chi connectivity index (χ0n) is 13.1. The molecule has 0 radical (unpaired) electrons. The molecule has 2 aromatic rings. The van der Waals surface area contributed by atoms with Gasteiger partial charge in [0.25, 0.3) is 5.91 Å². The number of ether oxygens (including phenoxy) is 1. The number of amides is 1. The van der Waals surface area contributed by atoms with Gasteiger partial charge in [0.15, 0.2) is 0 Å². The van der Waals surface area contributed by atoms with Gasteiger partial charge in [-0.15, -0.1) is 0 Å². The van der Waals surface area contributed by atoms with Gasteiger partial charge in [0.1, 0.15) is 5.82 Å². The number of hydrogen-bond acceptors (Lipinski definition) is 4. The fraction of sp³-hybridized carbons (Fsp3) is 0.222. The molecule has 1 fully saturated rings. The quantitative estimate of drug-likeness (QED) is 0.693. The summed E-state index contributed by atoms with van der Waals surface area (Å²) in [6.07, 6.45) is 1.53. The van der Waals surface area contributed by atoms with Crippen LogP contribution in [0, 0.1) is 5.82 Å². The Morgan fingerprint density at radius 2 is 1.83 bits per heavy atom. The van der Waals surface area contributed by atoms with Gasteiger partial charge >= 0.3 is 0 Å². The van der Waals surface area contributed by atoms with Gasteiger partial charge in [-0.1, -0.05) is 24.3 Å². The molecule has 3 rings (SSSR count). The number of nitrogens with one attached hydrogen (secondary N) is 1. The molecule has 1 heterocycles. The smallest absolute Gasteiger partial charge is 0.274 e. The van der Waals surface area contributed by atoms with E-state index in [0.717, 1.165) is 37.6 Å². The normalized spacial score (nSPS) is 14.8. The topological polar surface area (TPSA) is 53.9 Å². The molecule has 0 unspecified atom stereocenters. The van der Waals surface area contributed by atoms with Crippen LogP contribution in [0.1, 0.15) is 15.9 Å². The van der Waals surface area contributed by atoms with Crippen molar-refractivity contribution in [2.45, 2.75) is 0 Å².